The standard InChI is InChI=1S/C27H29F3N6O3/c28-27(29,30)17-2-3-21-19(9-17)26(34-15-33-21)32-11-25(37)35-22-12-36(18-6-8-38-14-18)13-24(22)39-23-4-1-16-5-7-31-10-20(16)23/h2-3,5,7,9-10,15,18,22-24H,1,4,6,8,11-14H2,(H,35,37)(H,32,33,34)/t18?,22?,23?,24-/m0/s1. The lowest BCUT2D eigenvalue weighted by molar-refractivity contribution is -0.137. The highest BCUT2D eigenvalue weighted by Gasteiger charge is 2.41. The number of nitrogens with zero attached hydrogens (tertiary/aromatic N) is 4. The molecule has 0 bridgehead atoms. The molecule has 39 heavy (non-hydrogen) atoms. The summed E-state index contributed by atoms with van der Waals surface area (Å²) in [6.45, 7) is 2.52. The number of alkyl halides is 3. The quantitative estimate of drug-likeness (QED) is 0.470. The zero-order valence-electron chi connectivity index (χ0n) is 21.2. The number of benzene rings is 1. The highest BCUT2D eigenvalue weighted by Crippen LogP contribution is 2.36. The number of likely N-dealkylation sites (tertiary alicyclic amines) is 1. The van der Waals surface area contributed by atoms with Gasteiger partial charge in [0.15, 0.2) is 0 Å². The molecule has 3 unspecified atom stereocenters. The summed E-state index contributed by atoms with van der Waals surface area (Å²) in [6, 6.07) is 5.32. The first-order valence-corrected chi connectivity index (χ1v) is 13.1. The summed E-state index contributed by atoms with van der Waals surface area (Å²) in [4.78, 5) is 27.7. The minimum atomic E-state index is -4.50. The van der Waals surface area contributed by atoms with Gasteiger partial charge in [-0.3, -0.25) is 14.7 Å². The van der Waals surface area contributed by atoms with Crippen LogP contribution in [0.4, 0.5) is 19.0 Å². The van der Waals surface area contributed by atoms with E-state index < -0.39 is 11.7 Å². The van der Waals surface area contributed by atoms with Crippen molar-refractivity contribution in [3.8, 4) is 0 Å². The van der Waals surface area contributed by atoms with Gasteiger partial charge in [-0.2, -0.15) is 13.2 Å². The van der Waals surface area contributed by atoms with Crippen molar-refractivity contribution in [1.82, 2.24) is 25.2 Å². The molecule has 0 radical (unpaired) electrons. The summed E-state index contributed by atoms with van der Waals surface area (Å²) in [5.41, 5.74) is 1.89. The Morgan fingerprint density at radius 3 is 2.90 bits per heavy atom. The zero-order chi connectivity index (χ0) is 27.0. The van der Waals surface area contributed by atoms with Crippen LogP contribution in [0.2, 0.25) is 0 Å². The van der Waals surface area contributed by atoms with E-state index in [2.05, 4.69) is 30.5 Å². The number of carbonyl (C=O) groups is 1. The third kappa shape index (κ3) is 5.54. The first kappa shape index (κ1) is 25.9. The molecule has 2 N–H and O–H groups in total. The van der Waals surface area contributed by atoms with Crippen molar-refractivity contribution >= 4 is 22.6 Å². The van der Waals surface area contributed by atoms with Crippen molar-refractivity contribution in [2.24, 2.45) is 0 Å². The lowest BCUT2D eigenvalue weighted by Gasteiger charge is -2.24. The fraction of sp³-hybridized carbons (Fsp3) is 0.481. The number of nitrogens with one attached hydrogen (secondary N) is 2. The van der Waals surface area contributed by atoms with Crippen molar-refractivity contribution in [3.63, 3.8) is 0 Å². The molecule has 2 fully saturated rings. The van der Waals surface area contributed by atoms with E-state index in [-0.39, 0.29) is 47.9 Å². The van der Waals surface area contributed by atoms with E-state index in [1.165, 1.54) is 18.0 Å². The third-order valence-electron chi connectivity index (χ3n) is 7.75. The molecule has 1 aliphatic carbocycles. The summed E-state index contributed by atoms with van der Waals surface area (Å²) in [5, 5.41) is 6.18. The van der Waals surface area contributed by atoms with Gasteiger partial charge in [0.1, 0.15) is 12.1 Å². The Labute approximate surface area is 223 Å². The van der Waals surface area contributed by atoms with E-state index in [0.29, 0.717) is 25.2 Å². The van der Waals surface area contributed by atoms with E-state index in [1.807, 2.05) is 12.3 Å². The van der Waals surface area contributed by atoms with Gasteiger partial charge in [0, 0.05) is 49.1 Å². The highest BCUT2D eigenvalue weighted by atomic mass is 19.4. The van der Waals surface area contributed by atoms with Crippen LogP contribution < -0.4 is 10.6 Å². The Hall–Kier alpha value is -3.35. The molecule has 2 saturated heterocycles. The van der Waals surface area contributed by atoms with Crippen LogP contribution >= 0.6 is 0 Å². The topological polar surface area (TPSA) is 102 Å². The molecule has 206 valence electrons. The van der Waals surface area contributed by atoms with Crippen molar-refractivity contribution in [3.05, 3.63) is 59.7 Å². The lowest BCUT2D eigenvalue weighted by atomic mass is 10.1. The van der Waals surface area contributed by atoms with Gasteiger partial charge in [0.2, 0.25) is 5.91 Å². The first-order valence-electron chi connectivity index (χ1n) is 13.1. The summed E-state index contributed by atoms with van der Waals surface area (Å²) in [5.74, 6) is -0.134. The number of pyridine rings is 1. The molecular weight excluding hydrogens is 513 g/mol. The lowest BCUT2D eigenvalue weighted by Crippen LogP contribution is -2.46. The summed E-state index contributed by atoms with van der Waals surface area (Å²) >= 11 is 0. The number of anilines is 1. The maximum absolute atomic E-state index is 13.2. The van der Waals surface area contributed by atoms with Gasteiger partial charge in [0.05, 0.1) is 42.5 Å². The van der Waals surface area contributed by atoms with Crippen LogP contribution in [0.5, 0.6) is 0 Å². The molecule has 0 saturated carbocycles. The van der Waals surface area contributed by atoms with Crippen molar-refractivity contribution in [1.29, 1.82) is 0 Å². The molecule has 6 rings (SSSR count). The molecule has 2 aliphatic heterocycles. The number of halogens is 3. The Balaban J connectivity index is 1.14. The van der Waals surface area contributed by atoms with Crippen molar-refractivity contribution < 1.29 is 27.4 Å². The molecule has 2 aromatic heterocycles. The van der Waals surface area contributed by atoms with Gasteiger partial charge >= 0.3 is 6.18 Å². The van der Waals surface area contributed by atoms with Crippen LogP contribution in [-0.4, -0.2) is 76.8 Å². The first-order chi connectivity index (χ1) is 18.8. The van der Waals surface area contributed by atoms with Crippen molar-refractivity contribution in [2.75, 3.05) is 38.2 Å². The smallest absolute Gasteiger partial charge is 0.380 e. The van der Waals surface area contributed by atoms with Crippen LogP contribution in [0.15, 0.2) is 43.0 Å². The van der Waals surface area contributed by atoms with Crippen LogP contribution in [0.25, 0.3) is 10.9 Å². The predicted octanol–water partition coefficient (Wildman–Crippen LogP) is 3.12. The Kier molecular flexibility index (Phi) is 7.08. The molecule has 4 heterocycles. The number of rotatable bonds is 7. The van der Waals surface area contributed by atoms with Gasteiger partial charge in [-0.1, -0.05) is 0 Å². The number of hydrogen-bond acceptors (Lipinski definition) is 8. The van der Waals surface area contributed by atoms with Gasteiger partial charge in [-0.15, -0.1) is 0 Å². The van der Waals surface area contributed by atoms with E-state index in [9.17, 15) is 18.0 Å². The largest absolute Gasteiger partial charge is 0.416 e. The van der Waals surface area contributed by atoms with Crippen LogP contribution in [0, 0.1) is 0 Å². The Bertz CT molecular complexity index is 1350. The molecule has 3 aromatic rings. The maximum atomic E-state index is 13.2. The Morgan fingerprint density at radius 2 is 2.08 bits per heavy atom. The van der Waals surface area contributed by atoms with Gasteiger partial charge in [0.25, 0.3) is 0 Å². The maximum Gasteiger partial charge on any atom is 0.416 e. The van der Waals surface area contributed by atoms with Gasteiger partial charge < -0.3 is 20.1 Å². The average molecular weight is 543 g/mol. The Morgan fingerprint density at radius 1 is 1.18 bits per heavy atom. The van der Waals surface area contributed by atoms with Crippen LogP contribution in [-0.2, 0) is 26.9 Å². The van der Waals surface area contributed by atoms with Gasteiger partial charge in [-0.05, 0) is 49.1 Å². The van der Waals surface area contributed by atoms with E-state index in [1.54, 1.807) is 6.20 Å². The summed E-state index contributed by atoms with van der Waals surface area (Å²) in [7, 11) is 0. The molecule has 4 atom stereocenters. The fourth-order valence-electron chi connectivity index (χ4n) is 5.73. The molecule has 1 amide bonds. The molecule has 9 nitrogen and oxygen atoms in total. The molecule has 0 spiro atoms. The second kappa shape index (κ2) is 10.7. The number of aromatic nitrogens is 3. The van der Waals surface area contributed by atoms with Crippen molar-refractivity contribution in [2.45, 2.75) is 49.7 Å². The number of amides is 1. The summed E-state index contributed by atoms with van der Waals surface area (Å²) in [6.07, 6.45) is 2.84. The predicted molar refractivity (Wildman–Crippen MR) is 136 cm³/mol. The second-order valence-corrected chi connectivity index (χ2v) is 10.2. The SMILES string of the molecule is O=C(CNc1ncnc2ccc(C(F)(F)F)cc12)NC1CN(C2CCOC2)C[C@@H]1OC1CCc2ccncc21. The molecular formula is C27H29F3N6O3. The van der Waals surface area contributed by atoms with E-state index in [0.717, 1.165) is 43.6 Å². The summed E-state index contributed by atoms with van der Waals surface area (Å²) < 4.78 is 51.9. The normalized spacial score (nSPS) is 25.2. The monoisotopic (exact) mass is 542 g/mol. The number of fused-ring (bicyclic) bond motifs is 2. The molecule has 3 aliphatic rings. The van der Waals surface area contributed by atoms with Gasteiger partial charge in [-0.25, -0.2) is 9.97 Å². The zero-order valence-corrected chi connectivity index (χ0v) is 21.2. The molecule has 1 aromatic carbocycles. The highest BCUT2D eigenvalue weighted by molar-refractivity contribution is 5.91. The number of aryl methyl sites for hydroxylation is 1. The van der Waals surface area contributed by atoms with E-state index >= 15 is 0 Å². The van der Waals surface area contributed by atoms with E-state index in [4.69, 9.17) is 9.47 Å². The number of carbonyl (C=O) groups excluding carboxylic acids is 1. The number of ether oxygens (including phenoxy) is 2. The second-order valence-electron chi connectivity index (χ2n) is 10.2. The van der Waals surface area contributed by atoms with Crippen LogP contribution in [0.1, 0.15) is 35.6 Å². The van der Waals surface area contributed by atoms with Crippen LogP contribution in [0.3, 0.4) is 0 Å². The average Bonchev–Trinajstić information content (AvgIpc) is 3.68. The molecule has 12 heteroatoms. The minimum Gasteiger partial charge on any atom is -0.380 e. The minimum absolute atomic E-state index is 0.0776. The number of hydrogen-bond donors (Lipinski definition) is 2. The fourth-order valence-corrected chi connectivity index (χ4v) is 5.73. The third-order valence-corrected chi connectivity index (χ3v) is 7.75.